The van der Waals surface area contributed by atoms with Crippen molar-refractivity contribution in [3.8, 4) is 17.2 Å². The third-order valence-corrected chi connectivity index (χ3v) is 6.05. The molecule has 0 saturated heterocycles. The summed E-state index contributed by atoms with van der Waals surface area (Å²) in [6, 6.07) is 17.3. The lowest BCUT2D eigenvalue weighted by Gasteiger charge is -2.30. The van der Waals surface area contributed by atoms with Crippen LogP contribution in [-0.2, 0) is 13.1 Å². The summed E-state index contributed by atoms with van der Waals surface area (Å²) in [4.78, 5) is 15.4. The molecule has 0 N–H and O–H groups in total. The Hall–Kier alpha value is -3.28. The van der Waals surface area contributed by atoms with E-state index in [1.165, 1.54) is 0 Å². The van der Waals surface area contributed by atoms with Crippen molar-refractivity contribution >= 4 is 23.5 Å². The van der Waals surface area contributed by atoms with Gasteiger partial charge in [0.15, 0.2) is 5.76 Å². The molecule has 0 radical (unpaired) electrons. The highest BCUT2D eigenvalue weighted by atomic mass is 35.5. The van der Waals surface area contributed by atoms with Crippen LogP contribution in [0.3, 0.4) is 0 Å². The number of nitrogens with zero attached hydrogens (tertiary/aromatic N) is 1. The average Bonchev–Trinajstić information content (AvgIpc) is 3.14. The molecular formula is C27H24ClNO4. The summed E-state index contributed by atoms with van der Waals surface area (Å²) >= 11 is 6.01. The van der Waals surface area contributed by atoms with E-state index >= 15 is 0 Å². The normalized spacial score (nSPS) is 16.2. The maximum atomic E-state index is 13.2. The van der Waals surface area contributed by atoms with Crippen LogP contribution >= 0.6 is 11.6 Å². The molecule has 2 aliphatic heterocycles. The number of allylic oxidation sites excluding steroid dienone is 1. The SMILES string of the molecule is CCOc1ccc(/C=C2\Oc3c4c(cc(C)c3C2=O)OCN(Cc2ccc(Cl)cc2)C4)cc1. The number of ketones is 1. The summed E-state index contributed by atoms with van der Waals surface area (Å²) in [5.41, 5.74) is 4.39. The van der Waals surface area contributed by atoms with Crippen molar-refractivity contribution in [2.75, 3.05) is 13.3 Å². The Morgan fingerprint density at radius 2 is 1.88 bits per heavy atom. The molecule has 3 aromatic carbocycles. The van der Waals surface area contributed by atoms with Gasteiger partial charge in [-0.05, 0) is 66.9 Å². The predicted molar refractivity (Wildman–Crippen MR) is 128 cm³/mol. The molecule has 0 spiro atoms. The van der Waals surface area contributed by atoms with Gasteiger partial charge in [-0.25, -0.2) is 0 Å². The van der Waals surface area contributed by atoms with Gasteiger partial charge in [0, 0.05) is 18.1 Å². The molecule has 0 aromatic heterocycles. The zero-order valence-electron chi connectivity index (χ0n) is 18.6. The number of halogens is 1. The average molecular weight is 462 g/mol. The van der Waals surface area contributed by atoms with Crippen LogP contribution in [0.2, 0.25) is 5.02 Å². The smallest absolute Gasteiger partial charge is 0.232 e. The van der Waals surface area contributed by atoms with Gasteiger partial charge in [-0.2, -0.15) is 0 Å². The predicted octanol–water partition coefficient (Wildman–Crippen LogP) is 6.02. The van der Waals surface area contributed by atoms with Crippen molar-refractivity contribution in [1.82, 2.24) is 4.90 Å². The second-order valence-corrected chi connectivity index (χ2v) is 8.64. The van der Waals surface area contributed by atoms with Crippen LogP contribution in [0.1, 0.15) is 39.5 Å². The number of hydrogen-bond acceptors (Lipinski definition) is 5. The Morgan fingerprint density at radius 3 is 2.61 bits per heavy atom. The maximum absolute atomic E-state index is 13.2. The van der Waals surface area contributed by atoms with Gasteiger partial charge in [-0.15, -0.1) is 0 Å². The second kappa shape index (κ2) is 8.93. The van der Waals surface area contributed by atoms with E-state index in [0.717, 1.165) is 33.8 Å². The van der Waals surface area contributed by atoms with Crippen LogP contribution < -0.4 is 14.2 Å². The molecule has 3 aromatic rings. The van der Waals surface area contributed by atoms with Crippen LogP contribution in [0.4, 0.5) is 0 Å². The minimum absolute atomic E-state index is 0.103. The number of aryl methyl sites for hydroxylation is 1. The Labute approximate surface area is 198 Å². The van der Waals surface area contributed by atoms with Crippen molar-refractivity contribution in [3.63, 3.8) is 0 Å². The number of hydrogen-bond donors (Lipinski definition) is 0. The van der Waals surface area contributed by atoms with E-state index in [2.05, 4.69) is 4.90 Å². The van der Waals surface area contributed by atoms with E-state index in [1.54, 1.807) is 6.08 Å². The standard InChI is InChI=1S/C27H24ClNO4/c1-3-31-21-10-6-18(7-11-21)13-24-26(30)25-17(2)12-23-22(27(25)33-24)15-29(16-32-23)14-19-4-8-20(28)9-5-19/h4-13H,3,14-16H2,1-2H3/b24-13-. The van der Waals surface area contributed by atoms with Crippen molar-refractivity contribution in [3.05, 3.63) is 93.2 Å². The first-order valence-electron chi connectivity index (χ1n) is 10.9. The first-order valence-corrected chi connectivity index (χ1v) is 11.3. The Balaban J connectivity index is 1.41. The summed E-state index contributed by atoms with van der Waals surface area (Å²) in [6.07, 6.45) is 1.78. The van der Waals surface area contributed by atoms with Crippen molar-refractivity contribution in [2.45, 2.75) is 26.9 Å². The molecule has 0 amide bonds. The van der Waals surface area contributed by atoms with Crippen molar-refractivity contribution in [1.29, 1.82) is 0 Å². The van der Waals surface area contributed by atoms with Crippen LogP contribution in [0, 0.1) is 6.92 Å². The van der Waals surface area contributed by atoms with Crippen molar-refractivity contribution < 1.29 is 19.0 Å². The van der Waals surface area contributed by atoms with E-state index in [9.17, 15) is 4.79 Å². The molecule has 5 rings (SSSR count). The Bertz CT molecular complexity index is 1230. The summed E-state index contributed by atoms with van der Waals surface area (Å²) in [5, 5.41) is 0.714. The number of carbonyl (C=O) groups excluding carboxylic acids is 1. The minimum atomic E-state index is -0.103. The molecule has 0 aliphatic carbocycles. The molecular weight excluding hydrogens is 438 g/mol. The number of benzene rings is 3. The quantitative estimate of drug-likeness (QED) is 0.435. The summed E-state index contributed by atoms with van der Waals surface area (Å²) < 4.78 is 17.7. The van der Waals surface area contributed by atoms with Gasteiger partial charge in [0.1, 0.15) is 24.0 Å². The van der Waals surface area contributed by atoms with Crippen LogP contribution in [0.25, 0.3) is 6.08 Å². The van der Waals surface area contributed by atoms with Gasteiger partial charge in [0.05, 0.1) is 17.7 Å². The number of carbonyl (C=O) groups is 1. The fourth-order valence-corrected chi connectivity index (χ4v) is 4.33. The number of fused-ring (bicyclic) bond motifs is 3. The summed E-state index contributed by atoms with van der Waals surface area (Å²) in [6.45, 7) is 6.28. The molecule has 5 nitrogen and oxygen atoms in total. The van der Waals surface area contributed by atoms with Gasteiger partial charge in [-0.3, -0.25) is 9.69 Å². The Kier molecular flexibility index (Phi) is 5.83. The topological polar surface area (TPSA) is 48.0 Å². The van der Waals surface area contributed by atoms with E-state index in [1.807, 2.05) is 68.4 Å². The molecule has 168 valence electrons. The molecule has 0 saturated carbocycles. The maximum Gasteiger partial charge on any atom is 0.232 e. The van der Waals surface area contributed by atoms with E-state index in [0.29, 0.717) is 48.5 Å². The van der Waals surface area contributed by atoms with Gasteiger partial charge < -0.3 is 14.2 Å². The lowest BCUT2D eigenvalue weighted by atomic mass is 9.98. The van der Waals surface area contributed by atoms with Gasteiger partial charge in [-0.1, -0.05) is 35.9 Å². The highest BCUT2D eigenvalue weighted by Gasteiger charge is 2.35. The third-order valence-electron chi connectivity index (χ3n) is 5.80. The first kappa shape index (κ1) is 21.6. The number of rotatable bonds is 5. The number of Topliss-reactive ketones (excluding diaryl/α,β-unsaturated/α-hetero) is 1. The van der Waals surface area contributed by atoms with E-state index in [-0.39, 0.29) is 5.78 Å². The van der Waals surface area contributed by atoms with Crippen LogP contribution in [0.15, 0.2) is 60.4 Å². The molecule has 2 heterocycles. The summed E-state index contributed by atoms with van der Waals surface area (Å²) in [7, 11) is 0. The largest absolute Gasteiger partial charge is 0.494 e. The van der Waals surface area contributed by atoms with Gasteiger partial charge in [0.2, 0.25) is 5.78 Å². The van der Waals surface area contributed by atoms with E-state index < -0.39 is 0 Å². The first-order chi connectivity index (χ1) is 16.0. The minimum Gasteiger partial charge on any atom is -0.494 e. The fourth-order valence-electron chi connectivity index (χ4n) is 4.20. The zero-order valence-corrected chi connectivity index (χ0v) is 19.3. The third kappa shape index (κ3) is 4.34. The van der Waals surface area contributed by atoms with Gasteiger partial charge >= 0.3 is 0 Å². The van der Waals surface area contributed by atoms with Crippen LogP contribution in [0.5, 0.6) is 17.2 Å². The van der Waals surface area contributed by atoms with E-state index in [4.69, 9.17) is 25.8 Å². The zero-order chi connectivity index (χ0) is 22.9. The fraction of sp³-hybridized carbons (Fsp3) is 0.222. The molecule has 2 aliphatic rings. The molecule has 33 heavy (non-hydrogen) atoms. The van der Waals surface area contributed by atoms with Crippen LogP contribution in [-0.4, -0.2) is 24.0 Å². The van der Waals surface area contributed by atoms with Gasteiger partial charge in [0.25, 0.3) is 0 Å². The number of ether oxygens (including phenoxy) is 3. The van der Waals surface area contributed by atoms with Crippen molar-refractivity contribution in [2.24, 2.45) is 0 Å². The molecule has 0 atom stereocenters. The monoisotopic (exact) mass is 461 g/mol. The highest BCUT2D eigenvalue weighted by Crippen LogP contribution is 2.44. The lowest BCUT2D eigenvalue weighted by molar-refractivity contribution is 0.0872. The Morgan fingerprint density at radius 1 is 1.12 bits per heavy atom. The second-order valence-electron chi connectivity index (χ2n) is 8.20. The highest BCUT2D eigenvalue weighted by molar-refractivity contribution is 6.30. The molecule has 6 heteroatoms. The molecule has 0 fully saturated rings. The lowest BCUT2D eigenvalue weighted by Crippen LogP contribution is -2.31. The molecule has 0 bridgehead atoms. The molecule has 0 unspecified atom stereocenters. The summed E-state index contributed by atoms with van der Waals surface area (Å²) in [5.74, 6) is 2.39.